The number of nitrogens with zero attached hydrogens (tertiary/aromatic N) is 1. The first kappa shape index (κ1) is 11.3. The number of carbonyl (C=O) groups excluding carboxylic acids is 1. The minimum Gasteiger partial charge on any atom is -0.307 e. The average Bonchev–Trinajstić information content (AvgIpc) is 2.68. The van der Waals surface area contributed by atoms with Crippen molar-refractivity contribution in [3.8, 4) is 0 Å². The van der Waals surface area contributed by atoms with Gasteiger partial charge in [-0.05, 0) is 31.5 Å². The summed E-state index contributed by atoms with van der Waals surface area (Å²) in [5.41, 5.74) is 1.62. The van der Waals surface area contributed by atoms with Crippen LogP contribution in [0.5, 0.6) is 0 Å². The smallest absolute Gasteiger partial charge is 0.256 e. The van der Waals surface area contributed by atoms with Gasteiger partial charge in [-0.15, -0.1) is 0 Å². The molecule has 2 rings (SSSR count). The van der Waals surface area contributed by atoms with Crippen LogP contribution in [0.1, 0.15) is 21.5 Å². The van der Waals surface area contributed by atoms with Gasteiger partial charge in [-0.25, -0.2) is 4.39 Å². The summed E-state index contributed by atoms with van der Waals surface area (Å²) in [6, 6.07) is 4.37. The number of halogens is 1. The summed E-state index contributed by atoms with van der Waals surface area (Å²) in [6.07, 6.45) is 1.60. The fourth-order valence-electron chi connectivity index (χ4n) is 1.39. The SMILES string of the molecule is Cc1ccc(C(=O)Nc2[nH]ncc2C)cc1F. The van der Waals surface area contributed by atoms with Gasteiger partial charge in [-0.3, -0.25) is 9.89 Å². The molecule has 17 heavy (non-hydrogen) atoms. The van der Waals surface area contributed by atoms with Crippen LogP contribution < -0.4 is 5.32 Å². The Labute approximate surface area is 97.9 Å². The topological polar surface area (TPSA) is 57.8 Å². The van der Waals surface area contributed by atoms with Crippen LogP contribution in [0.3, 0.4) is 0 Å². The van der Waals surface area contributed by atoms with Gasteiger partial charge in [0.1, 0.15) is 11.6 Å². The van der Waals surface area contributed by atoms with Crippen molar-refractivity contribution in [2.45, 2.75) is 13.8 Å². The van der Waals surface area contributed by atoms with E-state index in [0.29, 0.717) is 11.4 Å². The molecule has 1 aromatic heterocycles. The van der Waals surface area contributed by atoms with Gasteiger partial charge in [0.15, 0.2) is 0 Å². The van der Waals surface area contributed by atoms with Crippen LogP contribution >= 0.6 is 0 Å². The van der Waals surface area contributed by atoms with Crippen molar-refractivity contribution in [2.24, 2.45) is 0 Å². The molecule has 0 aliphatic rings. The summed E-state index contributed by atoms with van der Waals surface area (Å²) in [6.45, 7) is 3.46. The van der Waals surface area contributed by atoms with E-state index in [9.17, 15) is 9.18 Å². The quantitative estimate of drug-likeness (QED) is 0.836. The van der Waals surface area contributed by atoms with Crippen LogP contribution in [0.4, 0.5) is 10.2 Å². The highest BCUT2D eigenvalue weighted by Gasteiger charge is 2.10. The first-order chi connectivity index (χ1) is 8.08. The first-order valence-electron chi connectivity index (χ1n) is 5.15. The highest BCUT2D eigenvalue weighted by molar-refractivity contribution is 6.04. The van der Waals surface area contributed by atoms with Gasteiger partial charge in [0.2, 0.25) is 0 Å². The summed E-state index contributed by atoms with van der Waals surface area (Å²) in [5.74, 6) is -0.230. The number of amides is 1. The molecule has 0 atom stereocenters. The highest BCUT2D eigenvalue weighted by atomic mass is 19.1. The molecule has 1 aromatic carbocycles. The van der Waals surface area contributed by atoms with Crippen LogP contribution in [-0.4, -0.2) is 16.1 Å². The Hall–Kier alpha value is -2.17. The second kappa shape index (κ2) is 4.37. The van der Waals surface area contributed by atoms with E-state index in [0.717, 1.165) is 5.56 Å². The summed E-state index contributed by atoms with van der Waals surface area (Å²) < 4.78 is 13.3. The van der Waals surface area contributed by atoms with E-state index in [4.69, 9.17) is 0 Å². The predicted octanol–water partition coefficient (Wildman–Crippen LogP) is 2.42. The van der Waals surface area contributed by atoms with E-state index in [1.54, 1.807) is 25.3 Å². The number of aromatic amines is 1. The molecule has 0 saturated heterocycles. The molecule has 0 bridgehead atoms. The summed E-state index contributed by atoms with van der Waals surface area (Å²) in [4.78, 5) is 11.8. The molecule has 0 spiro atoms. The second-order valence-corrected chi connectivity index (χ2v) is 3.85. The lowest BCUT2D eigenvalue weighted by Crippen LogP contribution is -2.13. The van der Waals surface area contributed by atoms with Crippen LogP contribution in [0.2, 0.25) is 0 Å². The maximum Gasteiger partial charge on any atom is 0.256 e. The Bertz CT molecular complexity index is 563. The molecule has 1 amide bonds. The molecule has 88 valence electrons. The van der Waals surface area contributed by atoms with Crippen molar-refractivity contribution in [3.63, 3.8) is 0 Å². The van der Waals surface area contributed by atoms with Gasteiger partial charge in [0.25, 0.3) is 5.91 Å². The number of H-pyrrole nitrogens is 1. The molecule has 4 nitrogen and oxygen atoms in total. The third-order valence-corrected chi connectivity index (χ3v) is 2.50. The molecule has 0 unspecified atom stereocenters. The normalized spacial score (nSPS) is 10.3. The van der Waals surface area contributed by atoms with Crippen molar-refractivity contribution < 1.29 is 9.18 Å². The number of aromatic nitrogens is 2. The Morgan fingerprint density at radius 2 is 2.12 bits per heavy atom. The molecule has 0 aliphatic heterocycles. The molecule has 5 heteroatoms. The number of nitrogens with one attached hydrogen (secondary N) is 2. The van der Waals surface area contributed by atoms with Crippen LogP contribution in [0.15, 0.2) is 24.4 Å². The van der Waals surface area contributed by atoms with Crippen molar-refractivity contribution in [3.05, 3.63) is 46.9 Å². The van der Waals surface area contributed by atoms with Crippen molar-refractivity contribution >= 4 is 11.7 Å². The van der Waals surface area contributed by atoms with Gasteiger partial charge < -0.3 is 5.32 Å². The van der Waals surface area contributed by atoms with Crippen molar-refractivity contribution in [1.29, 1.82) is 0 Å². The number of benzene rings is 1. The van der Waals surface area contributed by atoms with E-state index < -0.39 is 0 Å². The zero-order valence-electron chi connectivity index (χ0n) is 9.54. The van der Waals surface area contributed by atoms with E-state index in [2.05, 4.69) is 15.5 Å². The molecule has 2 N–H and O–H groups in total. The number of hydrogen-bond acceptors (Lipinski definition) is 2. The Morgan fingerprint density at radius 1 is 1.35 bits per heavy atom. The zero-order chi connectivity index (χ0) is 12.4. The number of hydrogen-bond donors (Lipinski definition) is 2. The van der Waals surface area contributed by atoms with Crippen LogP contribution in [-0.2, 0) is 0 Å². The molecule has 2 aromatic rings. The van der Waals surface area contributed by atoms with Gasteiger partial charge in [-0.1, -0.05) is 6.07 Å². The molecule has 1 heterocycles. The molecule has 0 radical (unpaired) electrons. The van der Waals surface area contributed by atoms with Crippen LogP contribution in [0.25, 0.3) is 0 Å². The van der Waals surface area contributed by atoms with Crippen molar-refractivity contribution in [2.75, 3.05) is 5.32 Å². The van der Waals surface area contributed by atoms with Gasteiger partial charge in [0, 0.05) is 11.1 Å². The second-order valence-electron chi connectivity index (χ2n) is 3.85. The van der Waals surface area contributed by atoms with E-state index in [-0.39, 0.29) is 17.3 Å². The Kier molecular flexibility index (Phi) is 2.91. The Balaban J connectivity index is 2.20. The van der Waals surface area contributed by atoms with Crippen molar-refractivity contribution in [1.82, 2.24) is 10.2 Å². The first-order valence-corrected chi connectivity index (χ1v) is 5.15. The Morgan fingerprint density at radius 3 is 2.71 bits per heavy atom. The number of anilines is 1. The fraction of sp³-hybridized carbons (Fsp3) is 0.167. The maximum atomic E-state index is 13.3. The van der Waals surface area contributed by atoms with Gasteiger partial charge in [-0.2, -0.15) is 5.10 Å². The molecule has 0 saturated carbocycles. The summed E-state index contributed by atoms with van der Waals surface area (Å²) in [5, 5.41) is 9.07. The fourth-order valence-corrected chi connectivity index (χ4v) is 1.39. The molecular formula is C12H12FN3O. The third kappa shape index (κ3) is 2.33. The van der Waals surface area contributed by atoms with E-state index >= 15 is 0 Å². The van der Waals surface area contributed by atoms with Gasteiger partial charge in [0.05, 0.1) is 6.20 Å². The zero-order valence-corrected chi connectivity index (χ0v) is 9.54. The third-order valence-electron chi connectivity index (χ3n) is 2.50. The van der Waals surface area contributed by atoms with Crippen LogP contribution in [0, 0.1) is 19.7 Å². The molecule has 0 fully saturated rings. The lowest BCUT2D eigenvalue weighted by Gasteiger charge is -2.04. The number of rotatable bonds is 2. The average molecular weight is 233 g/mol. The summed E-state index contributed by atoms with van der Waals surface area (Å²) in [7, 11) is 0. The highest BCUT2D eigenvalue weighted by Crippen LogP contribution is 2.13. The molecular weight excluding hydrogens is 221 g/mol. The van der Waals surface area contributed by atoms with E-state index in [1.165, 1.54) is 6.07 Å². The minimum absolute atomic E-state index is 0.280. The largest absolute Gasteiger partial charge is 0.307 e. The van der Waals surface area contributed by atoms with Gasteiger partial charge >= 0.3 is 0 Å². The lowest BCUT2D eigenvalue weighted by atomic mass is 10.1. The lowest BCUT2D eigenvalue weighted by molar-refractivity contribution is 0.102. The summed E-state index contributed by atoms with van der Waals surface area (Å²) >= 11 is 0. The minimum atomic E-state index is -0.390. The monoisotopic (exact) mass is 233 g/mol. The molecule has 0 aliphatic carbocycles. The number of carbonyl (C=O) groups is 1. The number of aryl methyl sites for hydroxylation is 2. The van der Waals surface area contributed by atoms with E-state index in [1.807, 2.05) is 6.92 Å². The standard InChI is InChI=1S/C12H12FN3O/c1-7-3-4-9(5-10(7)13)12(17)15-11-8(2)6-14-16-11/h3-6H,1-2H3,(H2,14,15,16,17). The maximum absolute atomic E-state index is 13.3. The predicted molar refractivity (Wildman–Crippen MR) is 62.4 cm³/mol.